The molecular formula is C16H21NO2S. The molecule has 0 saturated heterocycles. The van der Waals surface area contributed by atoms with Crippen molar-refractivity contribution in [2.24, 2.45) is 0 Å². The van der Waals surface area contributed by atoms with Gasteiger partial charge in [0, 0.05) is 5.75 Å². The Balaban J connectivity index is 2.17. The van der Waals surface area contributed by atoms with Crippen molar-refractivity contribution in [1.82, 2.24) is 0 Å². The highest BCUT2D eigenvalue weighted by Gasteiger charge is 2.05. The number of esters is 1. The van der Waals surface area contributed by atoms with Crippen molar-refractivity contribution in [2.75, 3.05) is 12.4 Å². The number of carbonyl (C=O) groups is 1. The summed E-state index contributed by atoms with van der Waals surface area (Å²) in [6.07, 6.45) is 4.44. The van der Waals surface area contributed by atoms with Crippen molar-refractivity contribution >= 4 is 17.7 Å². The fourth-order valence-electron chi connectivity index (χ4n) is 1.76. The molecular weight excluding hydrogens is 270 g/mol. The summed E-state index contributed by atoms with van der Waals surface area (Å²) >= 11 is 1.49. The lowest BCUT2D eigenvalue weighted by molar-refractivity contribution is -0.140. The van der Waals surface area contributed by atoms with Crippen molar-refractivity contribution in [3.63, 3.8) is 0 Å². The topological polar surface area (TPSA) is 50.1 Å². The van der Waals surface area contributed by atoms with Crippen molar-refractivity contribution in [1.29, 1.82) is 5.26 Å². The molecule has 0 unspecified atom stereocenters. The second-order valence-electron chi connectivity index (χ2n) is 4.54. The van der Waals surface area contributed by atoms with E-state index in [-0.39, 0.29) is 5.97 Å². The molecule has 4 heteroatoms. The van der Waals surface area contributed by atoms with E-state index in [0.717, 1.165) is 18.4 Å². The van der Waals surface area contributed by atoms with Gasteiger partial charge >= 0.3 is 5.97 Å². The number of nitriles is 1. The standard InChI is InChI=1S/C16H21NO2S/c1-2-3-4-7-10-19-16(18)13-20-12-15-9-6-5-8-14(15)11-17/h5-6,8-9H,2-4,7,10,12-13H2,1H3. The van der Waals surface area contributed by atoms with Crippen LogP contribution in [0, 0.1) is 11.3 Å². The first-order chi connectivity index (χ1) is 9.77. The van der Waals surface area contributed by atoms with Crippen LogP contribution in [0.3, 0.4) is 0 Å². The van der Waals surface area contributed by atoms with Gasteiger partial charge in [0.1, 0.15) is 0 Å². The Bertz CT molecular complexity index is 454. The molecule has 0 fully saturated rings. The third-order valence-electron chi connectivity index (χ3n) is 2.88. The summed E-state index contributed by atoms with van der Waals surface area (Å²) in [4.78, 5) is 11.5. The van der Waals surface area contributed by atoms with Crippen LogP contribution in [0.2, 0.25) is 0 Å². The number of thioether (sulfide) groups is 1. The lowest BCUT2D eigenvalue weighted by Crippen LogP contribution is -2.08. The normalized spacial score (nSPS) is 10.0. The molecule has 0 aliphatic carbocycles. The maximum absolute atomic E-state index is 11.5. The first-order valence-corrected chi connectivity index (χ1v) is 8.14. The van der Waals surface area contributed by atoms with Crippen LogP contribution in [-0.2, 0) is 15.3 Å². The predicted octanol–water partition coefficient (Wildman–Crippen LogP) is 3.91. The van der Waals surface area contributed by atoms with Gasteiger partial charge in [-0.1, -0.05) is 44.4 Å². The van der Waals surface area contributed by atoms with Gasteiger partial charge in [-0.2, -0.15) is 5.26 Å². The lowest BCUT2D eigenvalue weighted by Gasteiger charge is -2.05. The van der Waals surface area contributed by atoms with E-state index in [0.29, 0.717) is 23.7 Å². The van der Waals surface area contributed by atoms with Crippen LogP contribution < -0.4 is 0 Å². The van der Waals surface area contributed by atoms with Crippen molar-refractivity contribution in [3.8, 4) is 6.07 Å². The molecule has 20 heavy (non-hydrogen) atoms. The van der Waals surface area contributed by atoms with Crippen LogP contribution in [0.15, 0.2) is 24.3 Å². The van der Waals surface area contributed by atoms with E-state index in [1.165, 1.54) is 24.6 Å². The molecule has 0 heterocycles. The number of hydrogen-bond donors (Lipinski definition) is 0. The number of unbranched alkanes of at least 4 members (excludes halogenated alkanes) is 3. The van der Waals surface area contributed by atoms with E-state index >= 15 is 0 Å². The number of hydrogen-bond acceptors (Lipinski definition) is 4. The lowest BCUT2D eigenvalue weighted by atomic mass is 10.1. The fourth-order valence-corrected chi connectivity index (χ4v) is 2.58. The number of nitrogens with zero attached hydrogens (tertiary/aromatic N) is 1. The summed E-state index contributed by atoms with van der Waals surface area (Å²) < 4.78 is 5.16. The van der Waals surface area contributed by atoms with Gasteiger partial charge in [-0.3, -0.25) is 4.79 Å². The molecule has 0 aliphatic heterocycles. The average molecular weight is 291 g/mol. The molecule has 1 aromatic rings. The molecule has 0 bridgehead atoms. The Morgan fingerprint density at radius 1 is 1.30 bits per heavy atom. The van der Waals surface area contributed by atoms with E-state index in [1.807, 2.05) is 18.2 Å². The molecule has 3 nitrogen and oxygen atoms in total. The van der Waals surface area contributed by atoms with E-state index in [4.69, 9.17) is 10.00 Å². The van der Waals surface area contributed by atoms with Gasteiger partial charge in [0.2, 0.25) is 0 Å². The number of carbonyl (C=O) groups excluding carboxylic acids is 1. The van der Waals surface area contributed by atoms with E-state index in [9.17, 15) is 4.79 Å². The van der Waals surface area contributed by atoms with Crippen LogP contribution in [0.1, 0.15) is 43.7 Å². The average Bonchev–Trinajstić information content (AvgIpc) is 2.47. The molecule has 0 N–H and O–H groups in total. The molecule has 0 amide bonds. The minimum Gasteiger partial charge on any atom is -0.465 e. The maximum atomic E-state index is 11.5. The Hall–Kier alpha value is -1.47. The van der Waals surface area contributed by atoms with Gasteiger partial charge in [0.25, 0.3) is 0 Å². The molecule has 0 aliphatic rings. The molecule has 0 saturated carbocycles. The zero-order valence-corrected chi connectivity index (χ0v) is 12.7. The monoisotopic (exact) mass is 291 g/mol. The van der Waals surface area contributed by atoms with Crippen LogP contribution in [0.5, 0.6) is 0 Å². The largest absolute Gasteiger partial charge is 0.465 e. The number of benzene rings is 1. The molecule has 0 aromatic heterocycles. The van der Waals surface area contributed by atoms with Gasteiger partial charge in [-0.25, -0.2) is 0 Å². The van der Waals surface area contributed by atoms with Crippen LogP contribution >= 0.6 is 11.8 Å². The highest BCUT2D eigenvalue weighted by Crippen LogP contribution is 2.16. The van der Waals surface area contributed by atoms with Gasteiger partial charge in [0.15, 0.2) is 0 Å². The number of ether oxygens (including phenoxy) is 1. The Morgan fingerprint density at radius 2 is 2.10 bits per heavy atom. The van der Waals surface area contributed by atoms with E-state index < -0.39 is 0 Å². The highest BCUT2D eigenvalue weighted by molar-refractivity contribution is 7.99. The summed E-state index contributed by atoms with van der Waals surface area (Å²) in [6, 6.07) is 9.62. The molecule has 1 aromatic carbocycles. The molecule has 1 rings (SSSR count). The Kier molecular flexibility index (Phi) is 8.57. The predicted molar refractivity (Wildman–Crippen MR) is 82.4 cm³/mol. The smallest absolute Gasteiger partial charge is 0.315 e. The maximum Gasteiger partial charge on any atom is 0.315 e. The Labute approximate surface area is 125 Å². The van der Waals surface area contributed by atoms with Crippen LogP contribution in [-0.4, -0.2) is 18.3 Å². The molecule has 108 valence electrons. The van der Waals surface area contributed by atoms with Gasteiger partial charge in [-0.05, 0) is 18.1 Å². The Morgan fingerprint density at radius 3 is 2.85 bits per heavy atom. The number of rotatable bonds is 9. The fraction of sp³-hybridized carbons (Fsp3) is 0.500. The second-order valence-corrected chi connectivity index (χ2v) is 5.53. The minimum absolute atomic E-state index is 0.166. The third-order valence-corrected chi connectivity index (χ3v) is 3.83. The summed E-state index contributed by atoms with van der Waals surface area (Å²) in [5.41, 5.74) is 1.64. The van der Waals surface area contributed by atoms with Gasteiger partial charge < -0.3 is 4.74 Å². The zero-order valence-electron chi connectivity index (χ0n) is 11.9. The minimum atomic E-state index is -0.166. The molecule has 0 atom stereocenters. The molecule has 0 radical (unpaired) electrons. The summed E-state index contributed by atoms with van der Waals surface area (Å²) in [6.45, 7) is 2.68. The highest BCUT2D eigenvalue weighted by atomic mass is 32.2. The first-order valence-electron chi connectivity index (χ1n) is 6.99. The van der Waals surface area contributed by atoms with Crippen molar-refractivity contribution in [3.05, 3.63) is 35.4 Å². The van der Waals surface area contributed by atoms with Crippen LogP contribution in [0.4, 0.5) is 0 Å². The quantitative estimate of drug-likeness (QED) is 0.511. The van der Waals surface area contributed by atoms with Crippen LogP contribution in [0.25, 0.3) is 0 Å². The van der Waals surface area contributed by atoms with Crippen molar-refractivity contribution < 1.29 is 9.53 Å². The van der Waals surface area contributed by atoms with Gasteiger partial charge in [-0.15, -0.1) is 11.8 Å². The molecule has 0 spiro atoms. The summed E-state index contributed by atoms with van der Waals surface area (Å²) in [5, 5.41) is 8.96. The zero-order chi connectivity index (χ0) is 14.6. The van der Waals surface area contributed by atoms with Crippen molar-refractivity contribution in [2.45, 2.75) is 38.4 Å². The summed E-state index contributed by atoms with van der Waals surface area (Å²) in [7, 11) is 0. The second kappa shape index (κ2) is 10.3. The van der Waals surface area contributed by atoms with Gasteiger partial charge in [0.05, 0.1) is 24.0 Å². The van der Waals surface area contributed by atoms with E-state index in [2.05, 4.69) is 13.0 Å². The first kappa shape index (κ1) is 16.6. The third kappa shape index (κ3) is 6.63. The SMILES string of the molecule is CCCCCCOC(=O)CSCc1ccccc1C#N. The van der Waals surface area contributed by atoms with E-state index in [1.54, 1.807) is 6.07 Å². The summed E-state index contributed by atoms with van der Waals surface area (Å²) in [5.74, 6) is 0.836.